The van der Waals surface area contributed by atoms with E-state index >= 15 is 0 Å². The Kier molecular flexibility index (Phi) is 2.83. The Bertz CT molecular complexity index is 438. The summed E-state index contributed by atoms with van der Waals surface area (Å²) in [6.07, 6.45) is 0.139. The summed E-state index contributed by atoms with van der Waals surface area (Å²) in [6, 6.07) is 7.66. The van der Waals surface area contributed by atoms with Gasteiger partial charge in [0, 0.05) is 25.2 Å². The lowest BCUT2D eigenvalue weighted by Gasteiger charge is -2.25. The zero-order valence-corrected chi connectivity index (χ0v) is 10.1. The molecule has 0 aliphatic heterocycles. The van der Waals surface area contributed by atoms with Crippen LogP contribution in [0.4, 0.5) is 5.69 Å². The van der Waals surface area contributed by atoms with Crippen LogP contribution in [0.5, 0.6) is 0 Å². The first kappa shape index (κ1) is 11.9. The molecule has 1 aliphatic carbocycles. The van der Waals surface area contributed by atoms with Crippen molar-refractivity contribution in [2.24, 2.45) is 0 Å². The molecule has 0 bridgehead atoms. The number of carboxylic acids is 1. The Labute approximate surface area is 100 Å². The van der Waals surface area contributed by atoms with Crippen molar-refractivity contribution >= 4 is 11.7 Å². The number of hydrogen-bond acceptors (Lipinski definition) is 3. The van der Waals surface area contributed by atoms with E-state index in [4.69, 9.17) is 5.11 Å². The molecule has 4 heteroatoms. The highest BCUT2D eigenvalue weighted by atomic mass is 16.4. The number of aliphatic hydroxyl groups excluding tert-OH is 1. The standard InChI is InChI=1S/C13H17NO3/c1-14(2)10-6-4-3-5-9(10)13(7-8-13)11(15)12(16)17/h3-6,11,15H,7-8H2,1-2H3,(H,16,17). The average molecular weight is 235 g/mol. The van der Waals surface area contributed by atoms with Crippen LogP contribution in [0.2, 0.25) is 0 Å². The van der Waals surface area contributed by atoms with Gasteiger partial charge in [0.05, 0.1) is 0 Å². The zero-order valence-electron chi connectivity index (χ0n) is 10.1. The van der Waals surface area contributed by atoms with Gasteiger partial charge in [-0.15, -0.1) is 0 Å². The molecule has 0 aromatic heterocycles. The lowest BCUT2D eigenvalue weighted by molar-refractivity contribution is -0.148. The van der Waals surface area contributed by atoms with E-state index in [1.807, 2.05) is 43.3 Å². The minimum atomic E-state index is -1.32. The SMILES string of the molecule is CN(C)c1ccccc1C1(C(O)C(=O)O)CC1. The molecule has 92 valence electrons. The molecule has 0 radical (unpaired) electrons. The summed E-state index contributed by atoms with van der Waals surface area (Å²) in [7, 11) is 3.84. The maximum Gasteiger partial charge on any atom is 0.333 e. The Morgan fingerprint density at radius 1 is 1.35 bits per heavy atom. The van der Waals surface area contributed by atoms with Gasteiger partial charge in [-0.1, -0.05) is 18.2 Å². The second-order valence-corrected chi connectivity index (χ2v) is 4.81. The van der Waals surface area contributed by atoms with Gasteiger partial charge >= 0.3 is 5.97 Å². The zero-order chi connectivity index (χ0) is 12.6. The molecule has 0 heterocycles. The summed E-state index contributed by atoms with van der Waals surface area (Å²) in [5.74, 6) is -1.14. The molecule has 1 aromatic carbocycles. The van der Waals surface area contributed by atoms with E-state index in [2.05, 4.69) is 0 Å². The third-order valence-corrected chi connectivity index (χ3v) is 3.47. The molecular formula is C13H17NO3. The van der Waals surface area contributed by atoms with E-state index in [1.165, 1.54) is 0 Å². The van der Waals surface area contributed by atoms with Crippen LogP contribution in [-0.4, -0.2) is 36.4 Å². The quantitative estimate of drug-likeness (QED) is 0.824. The van der Waals surface area contributed by atoms with Crippen molar-refractivity contribution in [2.45, 2.75) is 24.4 Å². The van der Waals surface area contributed by atoms with Crippen molar-refractivity contribution in [1.29, 1.82) is 0 Å². The average Bonchev–Trinajstić information content (AvgIpc) is 3.09. The van der Waals surface area contributed by atoms with Crippen molar-refractivity contribution in [2.75, 3.05) is 19.0 Å². The van der Waals surface area contributed by atoms with Crippen LogP contribution in [-0.2, 0) is 10.2 Å². The van der Waals surface area contributed by atoms with Crippen LogP contribution in [0.25, 0.3) is 0 Å². The number of carbonyl (C=O) groups is 1. The molecule has 17 heavy (non-hydrogen) atoms. The third-order valence-electron chi connectivity index (χ3n) is 3.47. The van der Waals surface area contributed by atoms with E-state index in [9.17, 15) is 9.90 Å². The van der Waals surface area contributed by atoms with E-state index in [-0.39, 0.29) is 0 Å². The van der Waals surface area contributed by atoms with Crippen LogP contribution < -0.4 is 4.90 Å². The van der Waals surface area contributed by atoms with Crippen molar-refractivity contribution in [1.82, 2.24) is 0 Å². The lowest BCUT2D eigenvalue weighted by atomic mass is 9.88. The molecule has 1 saturated carbocycles. The Morgan fingerprint density at radius 2 is 1.94 bits per heavy atom. The number of aliphatic hydroxyl groups is 1. The fraction of sp³-hybridized carbons (Fsp3) is 0.462. The van der Waals surface area contributed by atoms with Crippen LogP contribution in [0, 0.1) is 0 Å². The van der Waals surface area contributed by atoms with Crippen molar-refractivity contribution in [3.8, 4) is 0 Å². The minimum Gasteiger partial charge on any atom is -0.479 e. The number of para-hydroxylation sites is 1. The van der Waals surface area contributed by atoms with Crippen molar-refractivity contribution < 1.29 is 15.0 Å². The van der Waals surface area contributed by atoms with Gasteiger partial charge in [-0.25, -0.2) is 4.79 Å². The summed E-state index contributed by atoms with van der Waals surface area (Å²) >= 11 is 0. The van der Waals surface area contributed by atoms with Gasteiger partial charge in [0.1, 0.15) is 0 Å². The Balaban J connectivity index is 2.44. The predicted molar refractivity (Wildman–Crippen MR) is 65.3 cm³/mol. The molecule has 0 saturated heterocycles. The fourth-order valence-corrected chi connectivity index (χ4v) is 2.35. The fourth-order valence-electron chi connectivity index (χ4n) is 2.35. The maximum absolute atomic E-state index is 11.0. The second kappa shape index (κ2) is 4.04. The van der Waals surface area contributed by atoms with Gasteiger partial charge in [-0.2, -0.15) is 0 Å². The smallest absolute Gasteiger partial charge is 0.333 e. The number of anilines is 1. The van der Waals surface area contributed by atoms with E-state index < -0.39 is 17.5 Å². The molecular weight excluding hydrogens is 218 g/mol. The van der Waals surface area contributed by atoms with Crippen LogP contribution in [0.3, 0.4) is 0 Å². The second-order valence-electron chi connectivity index (χ2n) is 4.81. The molecule has 0 spiro atoms. The number of aliphatic carboxylic acids is 1. The first-order chi connectivity index (χ1) is 7.99. The lowest BCUT2D eigenvalue weighted by Crippen LogP contribution is -2.34. The highest BCUT2D eigenvalue weighted by Gasteiger charge is 2.54. The molecule has 2 rings (SSSR count). The minimum absolute atomic E-state index is 0.591. The summed E-state index contributed by atoms with van der Waals surface area (Å²) in [6.45, 7) is 0. The van der Waals surface area contributed by atoms with E-state index in [0.29, 0.717) is 0 Å². The van der Waals surface area contributed by atoms with Gasteiger partial charge in [0.15, 0.2) is 6.10 Å². The van der Waals surface area contributed by atoms with Gasteiger partial charge in [-0.05, 0) is 24.5 Å². The van der Waals surface area contributed by atoms with Crippen molar-refractivity contribution in [3.05, 3.63) is 29.8 Å². The number of hydrogen-bond donors (Lipinski definition) is 2. The van der Waals surface area contributed by atoms with Gasteiger partial charge in [-0.3, -0.25) is 0 Å². The maximum atomic E-state index is 11.0. The third kappa shape index (κ3) is 1.89. The number of carboxylic acid groups (broad SMARTS) is 1. The van der Waals surface area contributed by atoms with Crippen LogP contribution in [0.15, 0.2) is 24.3 Å². The molecule has 2 N–H and O–H groups in total. The molecule has 1 fully saturated rings. The number of benzene rings is 1. The monoisotopic (exact) mass is 235 g/mol. The first-order valence-corrected chi connectivity index (χ1v) is 5.67. The molecule has 1 atom stereocenters. The van der Waals surface area contributed by atoms with E-state index in [1.54, 1.807) is 0 Å². The topological polar surface area (TPSA) is 60.8 Å². The summed E-state index contributed by atoms with van der Waals surface area (Å²) in [4.78, 5) is 12.9. The normalized spacial score (nSPS) is 18.5. The van der Waals surface area contributed by atoms with Gasteiger partial charge < -0.3 is 15.1 Å². The Morgan fingerprint density at radius 3 is 2.41 bits per heavy atom. The van der Waals surface area contributed by atoms with Gasteiger partial charge in [0.25, 0.3) is 0 Å². The number of rotatable bonds is 4. The molecule has 1 aliphatic rings. The summed E-state index contributed by atoms with van der Waals surface area (Å²) in [5, 5.41) is 18.8. The highest BCUT2D eigenvalue weighted by Crippen LogP contribution is 2.53. The Hall–Kier alpha value is -1.55. The van der Waals surface area contributed by atoms with Crippen molar-refractivity contribution in [3.63, 3.8) is 0 Å². The molecule has 4 nitrogen and oxygen atoms in total. The highest BCUT2D eigenvalue weighted by molar-refractivity contribution is 5.77. The summed E-state index contributed by atoms with van der Waals surface area (Å²) < 4.78 is 0. The first-order valence-electron chi connectivity index (χ1n) is 5.67. The number of nitrogens with zero attached hydrogens (tertiary/aromatic N) is 1. The van der Waals surface area contributed by atoms with Crippen LogP contribution in [0.1, 0.15) is 18.4 Å². The molecule has 0 amide bonds. The van der Waals surface area contributed by atoms with E-state index in [0.717, 1.165) is 24.1 Å². The largest absolute Gasteiger partial charge is 0.479 e. The molecule has 1 unspecified atom stereocenters. The predicted octanol–water partition coefficient (Wildman–Crippen LogP) is 1.23. The van der Waals surface area contributed by atoms with Crippen LogP contribution >= 0.6 is 0 Å². The summed E-state index contributed by atoms with van der Waals surface area (Å²) in [5.41, 5.74) is 1.32. The molecule has 1 aromatic rings. The van der Waals surface area contributed by atoms with Gasteiger partial charge in [0.2, 0.25) is 0 Å².